The highest BCUT2D eigenvalue weighted by Gasteiger charge is 2.38. The van der Waals surface area contributed by atoms with E-state index in [9.17, 15) is 13.2 Å². The predicted octanol–water partition coefficient (Wildman–Crippen LogP) is 6.14. The molecule has 37 heavy (non-hydrogen) atoms. The largest absolute Gasteiger partial charge is 0.490 e. The Morgan fingerprint density at radius 3 is 2.00 bits per heavy atom. The number of hydrogen-bond donors (Lipinski definition) is 2. The van der Waals surface area contributed by atoms with E-state index < -0.39 is 12.1 Å². The maximum Gasteiger partial charge on any atom is 0.490 e. The summed E-state index contributed by atoms with van der Waals surface area (Å²) in [4.78, 5) is 19.5. The maximum atomic E-state index is 10.6. The van der Waals surface area contributed by atoms with E-state index in [2.05, 4.69) is 78.3 Å². The third kappa shape index (κ3) is 6.96. The van der Waals surface area contributed by atoms with Gasteiger partial charge in [-0.3, -0.25) is 4.90 Å². The molecule has 2 heterocycles. The summed E-state index contributed by atoms with van der Waals surface area (Å²) >= 11 is 0. The number of aromatic nitrogens is 2. The third-order valence-electron chi connectivity index (χ3n) is 5.98. The number of benzene rings is 3. The zero-order valence-corrected chi connectivity index (χ0v) is 20.5. The standard InChI is InChI=1S/C26H27N3O.C2HF3O2/c1-18-15-29(16-19(2)30-18)17-20-7-9-21(10-8-20)22-11-13-23(14-12-22)26-27-24-5-3-4-6-25(24)28-26;3-2(4,5)1(6)7/h3-14,18-19H,15-17H2,1-2H3,(H,27,28);(H,6,7). The van der Waals surface area contributed by atoms with Crippen molar-refractivity contribution in [1.29, 1.82) is 0 Å². The average Bonchev–Trinajstić information content (AvgIpc) is 3.28. The number of nitrogens with one attached hydrogen (secondary N) is 1. The van der Waals surface area contributed by atoms with Crippen molar-refractivity contribution >= 4 is 17.0 Å². The average molecular weight is 512 g/mol. The molecule has 5 rings (SSSR count). The van der Waals surface area contributed by atoms with Gasteiger partial charge in [-0.05, 0) is 42.7 Å². The summed E-state index contributed by atoms with van der Waals surface area (Å²) in [5, 5.41) is 7.12. The maximum absolute atomic E-state index is 10.6. The van der Waals surface area contributed by atoms with Gasteiger partial charge < -0.3 is 14.8 Å². The fourth-order valence-corrected chi connectivity index (χ4v) is 4.38. The van der Waals surface area contributed by atoms with E-state index in [1.54, 1.807) is 0 Å². The highest BCUT2D eigenvalue weighted by molar-refractivity contribution is 5.79. The number of hydrogen-bond acceptors (Lipinski definition) is 4. The fraction of sp³-hybridized carbons (Fsp3) is 0.286. The first-order valence-electron chi connectivity index (χ1n) is 11.9. The number of carbonyl (C=O) groups is 1. The van der Waals surface area contributed by atoms with Gasteiger partial charge in [0, 0.05) is 25.2 Å². The number of fused-ring (bicyclic) bond motifs is 1. The summed E-state index contributed by atoms with van der Waals surface area (Å²) in [5.74, 6) is -1.85. The Balaban J connectivity index is 0.000000405. The van der Waals surface area contributed by atoms with Crippen LogP contribution in [-0.2, 0) is 16.1 Å². The Morgan fingerprint density at radius 1 is 0.946 bits per heavy atom. The SMILES string of the molecule is CC1CN(Cc2ccc(-c3ccc(-c4nc5ccccc5[nH]4)cc3)cc2)CC(C)O1.O=C(O)C(F)(F)F. The van der Waals surface area contributed by atoms with E-state index in [0.29, 0.717) is 12.2 Å². The van der Waals surface area contributed by atoms with Gasteiger partial charge in [0.25, 0.3) is 0 Å². The number of ether oxygens (including phenoxy) is 1. The van der Waals surface area contributed by atoms with Crippen LogP contribution >= 0.6 is 0 Å². The molecule has 2 unspecified atom stereocenters. The molecule has 1 saturated heterocycles. The molecule has 2 N–H and O–H groups in total. The lowest BCUT2D eigenvalue weighted by molar-refractivity contribution is -0.192. The van der Waals surface area contributed by atoms with Crippen molar-refractivity contribution in [3.63, 3.8) is 0 Å². The summed E-state index contributed by atoms with van der Waals surface area (Å²) in [6.07, 6.45) is -4.48. The van der Waals surface area contributed by atoms with Gasteiger partial charge in [0.1, 0.15) is 5.82 Å². The van der Waals surface area contributed by atoms with Crippen LogP contribution in [0.15, 0.2) is 72.8 Å². The predicted molar refractivity (Wildman–Crippen MR) is 136 cm³/mol. The molecule has 2 atom stereocenters. The second-order valence-electron chi connectivity index (χ2n) is 9.13. The van der Waals surface area contributed by atoms with Crippen LogP contribution in [0.4, 0.5) is 13.2 Å². The second-order valence-corrected chi connectivity index (χ2v) is 9.13. The fourth-order valence-electron chi connectivity index (χ4n) is 4.38. The van der Waals surface area contributed by atoms with E-state index in [1.165, 1.54) is 16.7 Å². The number of H-pyrrole nitrogens is 1. The van der Waals surface area contributed by atoms with Crippen LogP contribution in [0, 0.1) is 0 Å². The lowest BCUT2D eigenvalue weighted by Gasteiger charge is -2.35. The molecule has 0 aliphatic carbocycles. The molecule has 194 valence electrons. The van der Waals surface area contributed by atoms with E-state index >= 15 is 0 Å². The molecule has 1 aliphatic heterocycles. The van der Waals surface area contributed by atoms with Crippen LogP contribution < -0.4 is 0 Å². The van der Waals surface area contributed by atoms with E-state index in [4.69, 9.17) is 19.6 Å². The minimum atomic E-state index is -5.08. The van der Waals surface area contributed by atoms with Crippen LogP contribution in [0.5, 0.6) is 0 Å². The summed E-state index contributed by atoms with van der Waals surface area (Å²) < 4.78 is 37.6. The molecule has 3 aromatic carbocycles. The van der Waals surface area contributed by atoms with Gasteiger partial charge in [-0.25, -0.2) is 9.78 Å². The number of aromatic amines is 1. The molecule has 1 aliphatic rings. The van der Waals surface area contributed by atoms with Gasteiger partial charge in [-0.15, -0.1) is 0 Å². The molecule has 1 fully saturated rings. The van der Waals surface area contributed by atoms with Crippen LogP contribution in [0.25, 0.3) is 33.5 Å². The van der Waals surface area contributed by atoms with Gasteiger partial charge >= 0.3 is 12.1 Å². The monoisotopic (exact) mass is 511 g/mol. The number of rotatable bonds is 4. The quantitative estimate of drug-likeness (QED) is 0.344. The Bertz CT molecular complexity index is 1290. The van der Waals surface area contributed by atoms with E-state index in [0.717, 1.165) is 42.1 Å². The van der Waals surface area contributed by atoms with Crippen molar-refractivity contribution in [3.8, 4) is 22.5 Å². The van der Waals surface area contributed by atoms with Crippen LogP contribution in [0.2, 0.25) is 0 Å². The number of aliphatic carboxylic acids is 1. The zero-order chi connectivity index (χ0) is 26.6. The van der Waals surface area contributed by atoms with Crippen molar-refractivity contribution in [2.45, 2.75) is 38.8 Å². The topological polar surface area (TPSA) is 78.5 Å². The zero-order valence-electron chi connectivity index (χ0n) is 20.5. The highest BCUT2D eigenvalue weighted by Crippen LogP contribution is 2.26. The summed E-state index contributed by atoms with van der Waals surface area (Å²) in [6.45, 7) is 7.27. The molecule has 9 heteroatoms. The summed E-state index contributed by atoms with van der Waals surface area (Å²) in [5.41, 5.74) is 6.96. The van der Waals surface area contributed by atoms with Gasteiger partial charge in [0.05, 0.1) is 23.2 Å². The normalized spacial score (nSPS) is 18.3. The molecule has 6 nitrogen and oxygen atoms in total. The number of morpholine rings is 1. The number of carboxylic acid groups (broad SMARTS) is 1. The van der Waals surface area contributed by atoms with Crippen molar-refractivity contribution in [1.82, 2.24) is 14.9 Å². The first-order valence-corrected chi connectivity index (χ1v) is 11.9. The highest BCUT2D eigenvalue weighted by atomic mass is 19.4. The van der Waals surface area contributed by atoms with Crippen molar-refractivity contribution in [3.05, 3.63) is 78.4 Å². The molecular formula is C28H28F3N3O3. The van der Waals surface area contributed by atoms with Crippen molar-refractivity contribution in [2.75, 3.05) is 13.1 Å². The third-order valence-corrected chi connectivity index (χ3v) is 5.98. The smallest absolute Gasteiger partial charge is 0.475 e. The molecule has 0 radical (unpaired) electrons. The molecule has 0 amide bonds. The van der Waals surface area contributed by atoms with Crippen LogP contribution in [-0.4, -0.2) is 57.4 Å². The van der Waals surface area contributed by atoms with Gasteiger partial charge in [0.15, 0.2) is 0 Å². The first-order chi connectivity index (χ1) is 17.6. The molecule has 0 spiro atoms. The molecular weight excluding hydrogens is 483 g/mol. The van der Waals surface area contributed by atoms with Crippen molar-refractivity contribution in [2.24, 2.45) is 0 Å². The molecule has 1 aromatic heterocycles. The number of imidazole rings is 1. The van der Waals surface area contributed by atoms with Crippen LogP contribution in [0.1, 0.15) is 19.4 Å². The molecule has 0 bridgehead atoms. The van der Waals surface area contributed by atoms with Crippen molar-refractivity contribution < 1.29 is 27.8 Å². The Hall–Kier alpha value is -3.69. The Kier molecular flexibility index (Phi) is 7.94. The minimum Gasteiger partial charge on any atom is -0.475 e. The lowest BCUT2D eigenvalue weighted by atomic mass is 10.0. The van der Waals surface area contributed by atoms with Gasteiger partial charge in [-0.2, -0.15) is 13.2 Å². The molecule has 0 saturated carbocycles. The summed E-state index contributed by atoms with van der Waals surface area (Å²) in [7, 11) is 0. The minimum absolute atomic E-state index is 0.304. The number of nitrogens with zero attached hydrogens (tertiary/aromatic N) is 2. The first kappa shape index (κ1) is 26.4. The second kappa shape index (κ2) is 11.1. The Labute approximate surface area is 212 Å². The van der Waals surface area contributed by atoms with Crippen LogP contribution in [0.3, 0.4) is 0 Å². The summed E-state index contributed by atoms with van der Waals surface area (Å²) in [6, 6.07) is 25.7. The lowest BCUT2D eigenvalue weighted by Crippen LogP contribution is -2.44. The number of halogens is 3. The van der Waals surface area contributed by atoms with E-state index in [-0.39, 0.29) is 0 Å². The number of carboxylic acids is 1. The van der Waals surface area contributed by atoms with Gasteiger partial charge in [0.2, 0.25) is 0 Å². The molecule has 4 aromatic rings. The number of alkyl halides is 3. The number of para-hydroxylation sites is 2. The van der Waals surface area contributed by atoms with E-state index in [1.807, 2.05) is 18.2 Å². The Morgan fingerprint density at radius 2 is 1.46 bits per heavy atom. The van der Waals surface area contributed by atoms with Gasteiger partial charge in [-0.1, -0.05) is 60.7 Å².